The summed E-state index contributed by atoms with van der Waals surface area (Å²) in [5, 5.41) is 8.09. The van der Waals surface area contributed by atoms with Crippen LogP contribution in [0.15, 0.2) is 36.7 Å². The summed E-state index contributed by atoms with van der Waals surface area (Å²) in [6.07, 6.45) is 3.37. The molecule has 0 radical (unpaired) electrons. The summed E-state index contributed by atoms with van der Waals surface area (Å²) >= 11 is 7.56. The second kappa shape index (κ2) is 8.32. The zero-order valence-electron chi connectivity index (χ0n) is 17.4. The highest BCUT2D eigenvalue weighted by Crippen LogP contribution is 2.29. The topological polar surface area (TPSA) is 89.3 Å². The van der Waals surface area contributed by atoms with Crippen molar-refractivity contribution in [2.45, 2.75) is 39.3 Å². The van der Waals surface area contributed by atoms with E-state index < -0.39 is 5.60 Å². The fraction of sp³-hybridized carbons (Fsp3) is 0.333. The van der Waals surface area contributed by atoms with Crippen LogP contribution in [0.4, 0.5) is 9.93 Å². The summed E-state index contributed by atoms with van der Waals surface area (Å²) < 4.78 is 7.01. The number of aromatic nitrogens is 3. The third kappa shape index (κ3) is 4.88. The lowest BCUT2D eigenvalue weighted by molar-refractivity contribution is 0.0225. The average molecular weight is 460 g/mol. The Labute approximate surface area is 188 Å². The average Bonchev–Trinajstić information content (AvgIpc) is 3.33. The predicted octanol–water partition coefficient (Wildman–Crippen LogP) is 4.53. The molecule has 1 aliphatic heterocycles. The van der Waals surface area contributed by atoms with E-state index in [2.05, 4.69) is 15.4 Å². The molecule has 10 heteroatoms. The first kappa shape index (κ1) is 21.3. The van der Waals surface area contributed by atoms with Crippen LogP contribution < -0.4 is 5.32 Å². The number of nitrogens with zero attached hydrogens (tertiary/aromatic N) is 4. The second-order valence-corrected chi connectivity index (χ2v) is 9.61. The monoisotopic (exact) mass is 459 g/mol. The van der Waals surface area contributed by atoms with Crippen LogP contribution in [0.2, 0.25) is 5.02 Å². The molecule has 8 nitrogen and oxygen atoms in total. The smallest absolute Gasteiger partial charge is 0.410 e. The van der Waals surface area contributed by atoms with E-state index in [0.29, 0.717) is 40.9 Å². The maximum atomic E-state index is 12.7. The predicted molar refractivity (Wildman–Crippen MR) is 119 cm³/mol. The molecular weight excluding hydrogens is 438 g/mol. The molecule has 1 aromatic carbocycles. The van der Waals surface area contributed by atoms with E-state index in [9.17, 15) is 9.59 Å². The molecular formula is C21H22ClN5O3S. The Hall–Kier alpha value is -2.91. The number of benzene rings is 1. The summed E-state index contributed by atoms with van der Waals surface area (Å²) in [6.45, 7) is 6.48. The Balaban J connectivity index is 1.43. The maximum absolute atomic E-state index is 12.7. The first-order valence-electron chi connectivity index (χ1n) is 9.77. The van der Waals surface area contributed by atoms with Gasteiger partial charge in [-0.25, -0.2) is 14.5 Å². The molecule has 0 saturated heterocycles. The third-order valence-electron chi connectivity index (χ3n) is 4.55. The van der Waals surface area contributed by atoms with Crippen molar-refractivity contribution in [2.24, 2.45) is 0 Å². The molecule has 2 aromatic heterocycles. The van der Waals surface area contributed by atoms with Crippen molar-refractivity contribution in [2.75, 3.05) is 11.9 Å². The molecule has 1 aliphatic rings. The summed E-state index contributed by atoms with van der Waals surface area (Å²) in [5.41, 5.74) is 1.43. The van der Waals surface area contributed by atoms with E-state index >= 15 is 0 Å². The number of ether oxygens (including phenoxy) is 1. The number of rotatable bonds is 3. The van der Waals surface area contributed by atoms with Crippen LogP contribution in [0.3, 0.4) is 0 Å². The molecule has 0 bridgehead atoms. The SMILES string of the molecule is CC(C)(C)OC(=O)N1CCc2nc(NC(=O)c3cnn(-c4ccccc4Cl)c3)sc2C1. The molecule has 162 valence electrons. The lowest BCUT2D eigenvalue weighted by atomic mass is 10.2. The van der Waals surface area contributed by atoms with Crippen LogP contribution in [0.25, 0.3) is 5.69 Å². The minimum Gasteiger partial charge on any atom is -0.444 e. The van der Waals surface area contributed by atoms with Crippen molar-refractivity contribution in [3.05, 3.63) is 57.8 Å². The van der Waals surface area contributed by atoms with Crippen molar-refractivity contribution in [3.8, 4) is 5.69 Å². The fourth-order valence-corrected chi connectivity index (χ4v) is 4.35. The molecule has 0 atom stereocenters. The molecule has 0 spiro atoms. The zero-order valence-corrected chi connectivity index (χ0v) is 19.0. The van der Waals surface area contributed by atoms with Crippen molar-refractivity contribution < 1.29 is 14.3 Å². The van der Waals surface area contributed by atoms with Gasteiger partial charge in [0.2, 0.25) is 0 Å². The fourth-order valence-electron chi connectivity index (χ4n) is 3.11. The number of hydrogen-bond donors (Lipinski definition) is 1. The molecule has 0 unspecified atom stereocenters. The van der Waals surface area contributed by atoms with Crippen molar-refractivity contribution in [3.63, 3.8) is 0 Å². The van der Waals surface area contributed by atoms with E-state index in [4.69, 9.17) is 16.3 Å². The Bertz CT molecular complexity index is 1130. The molecule has 0 fully saturated rings. The number of nitrogens with one attached hydrogen (secondary N) is 1. The summed E-state index contributed by atoms with van der Waals surface area (Å²) in [6, 6.07) is 7.27. The number of para-hydroxylation sites is 1. The number of fused-ring (bicyclic) bond motifs is 1. The lowest BCUT2D eigenvalue weighted by Gasteiger charge is -2.29. The number of hydrogen-bond acceptors (Lipinski definition) is 6. The van der Waals surface area contributed by atoms with Gasteiger partial charge in [0.1, 0.15) is 5.60 Å². The van der Waals surface area contributed by atoms with Gasteiger partial charge in [-0.1, -0.05) is 35.1 Å². The molecule has 3 aromatic rings. The Morgan fingerprint density at radius 2 is 2.03 bits per heavy atom. The van der Waals surface area contributed by atoms with Crippen LogP contribution in [0, 0.1) is 0 Å². The Kier molecular flexibility index (Phi) is 5.72. The van der Waals surface area contributed by atoms with Crippen LogP contribution in [0.5, 0.6) is 0 Å². The zero-order chi connectivity index (χ0) is 22.2. The minimum absolute atomic E-state index is 0.312. The standard InChI is InChI=1S/C21H22ClN5O3S/c1-21(2,3)30-20(29)26-9-8-15-17(12-26)31-19(24-15)25-18(28)13-10-23-27(11-13)16-7-5-4-6-14(16)22/h4-7,10-11H,8-9,12H2,1-3H3,(H,24,25,28). The van der Waals surface area contributed by atoms with Gasteiger partial charge in [0.15, 0.2) is 5.13 Å². The van der Waals surface area contributed by atoms with Crippen LogP contribution >= 0.6 is 22.9 Å². The lowest BCUT2D eigenvalue weighted by Crippen LogP contribution is -2.39. The maximum Gasteiger partial charge on any atom is 0.410 e. The number of thiazole rings is 1. The van der Waals surface area contributed by atoms with Gasteiger partial charge in [-0.2, -0.15) is 5.10 Å². The summed E-state index contributed by atoms with van der Waals surface area (Å²) in [4.78, 5) is 32.1. The van der Waals surface area contributed by atoms with Gasteiger partial charge in [-0.3, -0.25) is 10.1 Å². The molecule has 31 heavy (non-hydrogen) atoms. The second-order valence-electron chi connectivity index (χ2n) is 8.12. The largest absolute Gasteiger partial charge is 0.444 e. The highest BCUT2D eigenvalue weighted by atomic mass is 35.5. The number of carbonyl (C=O) groups excluding carboxylic acids is 2. The number of carbonyl (C=O) groups is 2. The van der Waals surface area contributed by atoms with Crippen LogP contribution in [0.1, 0.15) is 41.7 Å². The molecule has 1 N–H and O–H groups in total. The van der Waals surface area contributed by atoms with E-state index in [1.807, 2.05) is 39.0 Å². The van der Waals surface area contributed by atoms with E-state index in [1.54, 1.807) is 21.8 Å². The normalized spacial score (nSPS) is 13.6. The molecule has 2 amide bonds. The third-order valence-corrected chi connectivity index (χ3v) is 5.86. The Morgan fingerprint density at radius 1 is 1.26 bits per heavy atom. The van der Waals surface area contributed by atoms with E-state index in [-0.39, 0.29) is 12.0 Å². The van der Waals surface area contributed by atoms with Crippen molar-refractivity contribution >= 4 is 40.1 Å². The minimum atomic E-state index is -0.543. The first-order valence-corrected chi connectivity index (χ1v) is 11.0. The van der Waals surface area contributed by atoms with Gasteiger partial charge in [0, 0.05) is 24.0 Å². The quantitative estimate of drug-likeness (QED) is 0.621. The van der Waals surface area contributed by atoms with Crippen LogP contribution in [-0.4, -0.2) is 43.8 Å². The number of anilines is 1. The molecule has 4 rings (SSSR count). The highest BCUT2D eigenvalue weighted by molar-refractivity contribution is 7.15. The number of amides is 2. The van der Waals surface area contributed by atoms with Gasteiger partial charge in [-0.05, 0) is 32.9 Å². The van der Waals surface area contributed by atoms with Gasteiger partial charge in [0.25, 0.3) is 5.91 Å². The molecule has 0 aliphatic carbocycles. The highest BCUT2D eigenvalue weighted by Gasteiger charge is 2.28. The summed E-state index contributed by atoms with van der Waals surface area (Å²) in [7, 11) is 0. The van der Waals surface area contributed by atoms with Crippen LogP contribution in [-0.2, 0) is 17.7 Å². The van der Waals surface area contributed by atoms with E-state index in [1.165, 1.54) is 17.5 Å². The molecule has 3 heterocycles. The van der Waals surface area contributed by atoms with Crippen molar-refractivity contribution in [1.29, 1.82) is 0 Å². The van der Waals surface area contributed by atoms with Gasteiger partial charge in [0.05, 0.1) is 34.7 Å². The number of halogens is 1. The van der Waals surface area contributed by atoms with Crippen molar-refractivity contribution in [1.82, 2.24) is 19.7 Å². The first-order chi connectivity index (χ1) is 14.7. The van der Waals surface area contributed by atoms with Gasteiger partial charge in [-0.15, -0.1) is 0 Å². The summed E-state index contributed by atoms with van der Waals surface area (Å²) in [5.74, 6) is -0.312. The van der Waals surface area contributed by atoms with Gasteiger partial charge >= 0.3 is 6.09 Å². The van der Waals surface area contributed by atoms with E-state index in [0.717, 1.165) is 10.6 Å². The Morgan fingerprint density at radius 3 is 2.77 bits per heavy atom. The van der Waals surface area contributed by atoms with Gasteiger partial charge < -0.3 is 9.64 Å². The molecule has 0 saturated carbocycles.